The van der Waals surface area contributed by atoms with Crippen LogP contribution >= 0.6 is 0 Å². The number of carbonyl (C=O) groups excluding carboxylic acids is 2. The van der Waals surface area contributed by atoms with Gasteiger partial charge < -0.3 is 24.1 Å². The Kier molecular flexibility index (Phi) is 7.62. The van der Waals surface area contributed by atoms with Crippen LogP contribution in [0.3, 0.4) is 0 Å². The highest BCUT2D eigenvalue weighted by atomic mass is 16.7. The third-order valence-electron chi connectivity index (χ3n) is 6.09. The summed E-state index contributed by atoms with van der Waals surface area (Å²) < 4.78 is 22.7. The van der Waals surface area contributed by atoms with E-state index in [4.69, 9.17) is 18.9 Å². The molecule has 2 heterocycles. The van der Waals surface area contributed by atoms with Crippen molar-refractivity contribution in [1.82, 2.24) is 0 Å². The molecule has 7 heteroatoms. The highest BCUT2D eigenvalue weighted by Crippen LogP contribution is 2.31. The Morgan fingerprint density at radius 2 is 1.33 bits per heavy atom. The molecule has 2 aliphatic heterocycles. The van der Waals surface area contributed by atoms with Crippen LogP contribution in [-0.4, -0.2) is 54.7 Å². The second-order valence-electron chi connectivity index (χ2n) is 8.54. The SMILES string of the molecule is CCCCCCc1ccc(C(=O)O[C@@H]2CO[C@H]3[C@@H]2OC[C@H]3OC(=O)c2ccc(O)cc2)cc1. The summed E-state index contributed by atoms with van der Waals surface area (Å²) in [5, 5.41) is 9.36. The molecule has 0 spiro atoms. The molecule has 7 nitrogen and oxygen atoms in total. The Hall–Kier alpha value is -2.90. The first kappa shape index (κ1) is 23.3. The van der Waals surface area contributed by atoms with Crippen molar-refractivity contribution in [3.05, 3.63) is 65.2 Å². The Bertz CT molecular complexity index is 938. The second kappa shape index (κ2) is 10.8. The van der Waals surface area contributed by atoms with Crippen LogP contribution in [0.1, 0.15) is 58.9 Å². The number of phenols is 1. The summed E-state index contributed by atoms with van der Waals surface area (Å²) in [6.07, 6.45) is 3.70. The number of hydrogen-bond acceptors (Lipinski definition) is 7. The van der Waals surface area contributed by atoms with Crippen LogP contribution in [0.4, 0.5) is 0 Å². The molecule has 2 aromatic carbocycles. The lowest BCUT2D eigenvalue weighted by molar-refractivity contribution is -0.0287. The molecule has 2 saturated heterocycles. The van der Waals surface area contributed by atoms with Crippen molar-refractivity contribution in [2.45, 2.75) is 63.4 Å². The fraction of sp³-hybridized carbons (Fsp3) is 0.462. The van der Waals surface area contributed by atoms with E-state index in [2.05, 4.69) is 6.92 Å². The Morgan fingerprint density at radius 1 is 0.818 bits per heavy atom. The van der Waals surface area contributed by atoms with E-state index in [0.29, 0.717) is 11.1 Å². The molecule has 2 fully saturated rings. The Labute approximate surface area is 193 Å². The monoisotopic (exact) mass is 454 g/mol. The van der Waals surface area contributed by atoms with Crippen molar-refractivity contribution in [2.24, 2.45) is 0 Å². The van der Waals surface area contributed by atoms with Gasteiger partial charge in [0.2, 0.25) is 0 Å². The molecule has 0 aliphatic carbocycles. The van der Waals surface area contributed by atoms with E-state index >= 15 is 0 Å². The van der Waals surface area contributed by atoms with Gasteiger partial charge in [0, 0.05) is 0 Å². The quantitative estimate of drug-likeness (QED) is 0.451. The maximum absolute atomic E-state index is 12.6. The zero-order chi connectivity index (χ0) is 23.2. The van der Waals surface area contributed by atoms with Gasteiger partial charge in [-0.05, 0) is 54.8 Å². The maximum atomic E-state index is 12.6. The van der Waals surface area contributed by atoms with Gasteiger partial charge in [-0.3, -0.25) is 0 Å². The molecule has 4 rings (SSSR count). The largest absolute Gasteiger partial charge is 0.508 e. The fourth-order valence-electron chi connectivity index (χ4n) is 4.20. The lowest BCUT2D eigenvalue weighted by Crippen LogP contribution is -2.36. The smallest absolute Gasteiger partial charge is 0.338 e. The first-order valence-electron chi connectivity index (χ1n) is 11.6. The lowest BCUT2D eigenvalue weighted by Gasteiger charge is -2.17. The Morgan fingerprint density at radius 3 is 1.85 bits per heavy atom. The average Bonchev–Trinajstić information content (AvgIpc) is 3.41. The van der Waals surface area contributed by atoms with E-state index in [-0.39, 0.29) is 19.0 Å². The Balaban J connectivity index is 1.28. The van der Waals surface area contributed by atoms with E-state index in [1.807, 2.05) is 12.1 Å². The molecule has 4 atom stereocenters. The van der Waals surface area contributed by atoms with E-state index in [9.17, 15) is 14.7 Å². The van der Waals surface area contributed by atoms with Gasteiger partial charge in [0.25, 0.3) is 0 Å². The van der Waals surface area contributed by atoms with Crippen LogP contribution in [0.2, 0.25) is 0 Å². The molecule has 0 amide bonds. The molecule has 0 unspecified atom stereocenters. The number of phenolic OH excluding ortho intramolecular Hbond substituents is 1. The number of aryl methyl sites for hydroxylation is 1. The molecule has 0 radical (unpaired) electrons. The van der Waals surface area contributed by atoms with Crippen molar-refractivity contribution in [3.63, 3.8) is 0 Å². The van der Waals surface area contributed by atoms with E-state index < -0.39 is 36.4 Å². The van der Waals surface area contributed by atoms with Gasteiger partial charge in [0.1, 0.15) is 18.0 Å². The zero-order valence-corrected chi connectivity index (χ0v) is 18.8. The van der Waals surface area contributed by atoms with Gasteiger partial charge in [-0.2, -0.15) is 0 Å². The van der Waals surface area contributed by atoms with Crippen LogP contribution < -0.4 is 0 Å². The highest BCUT2D eigenvalue weighted by Gasteiger charge is 2.51. The number of fused-ring (bicyclic) bond motifs is 1. The van der Waals surface area contributed by atoms with Crippen molar-refractivity contribution in [3.8, 4) is 5.75 Å². The van der Waals surface area contributed by atoms with E-state index in [1.54, 1.807) is 12.1 Å². The zero-order valence-electron chi connectivity index (χ0n) is 18.8. The molecule has 0 aromatic heterocycles. The molecule has 33 heavy (non-hydrogen) atoms. The summed E-state index contributed by atoms with van der Waals surface area (Å²) in [6, 6.07) is 13.4. The highest BCUT2D eigenvalue weighted by molar-refractivity contribution is 5.90. The predicted molar refractivity (Wildman–Crippen MR) is 120 cm³/mol. The molecular weight excluding hydrogens is 424 g/mol. The first-order chi connectivity index (χ1) is 16.0. The van der Waals surface area contributed by atoms with Gasteiger partial charge in [0.05, 0.1) is 24.3 Å². The van der Waals surface area contributed by atoms with Crippen LogP contribution in [0.5, 0.6) is 5.75 Å². The summed E-state index contributed by atoms with van der Waals surface area (Å²) in [6.45, 7) is 2.54. The minimum absolute atomic E-state index is 0.0706. The van der Waals surface area contributed by atoms with Gasteiger partial charge in [0.15, 0.2) is 12.2 Å². The van der Waals surface area contributed by atoms with E-state index in [1.165, 1.54) is 49.1 Å². The summed E-state index contributed by atoms with van der Waals surface area (Å²) in [7, 11) is 0. The number of aromatic hydroxyl groups is 1. The van der Waals surface area contributed by atoms with Gasteiger partial charge in [-0.25, -0.2) is 9.59 Å². The molecule has 2 aliphatic rings. The summed E-state index contributed by atoms with van der Waals surface area (Å²) in [5.74, 6) is -0.876. The predicted octanol–water partition coefficient (Wildman–Crippen LogP) is 4.06. The third-order valence-corrected chi connectivity index (χ3v) is 6.09. The van der Waals surface area contributed by atoms with Crippen molar-refractivity contribution < 1.29 is 33.6 Å². The minimum Gasteiger partial charge on any atom is -0.508 e. The molecule has 1 N–H and O–H groups in total. The van der Waals surface area contributed by atoms with Crippen LogP contribution in [-0.2, 0) is 25.4 Å². The van der Waals surface area contributed by atoms with Crippen LogP contribution in [0.25, 0.3) is 0 Å². The molecule has 0 bridgehead atoms. The van der Waals surface area contributed by atoms with Crippen molar-refractivity contribution in [1.29, 1.82) is 0 Å². The van der Waals surface area contributed by atoms with Gasteiger partial charge >= 0.3 is 11.9 Å². The molecule has 0 saturated carbocycles. The summed E-state index contributed by atoms with van der Waals surface area (Å²) in [5.41, 5.74) is 2.03. The lowest BCUT2D eigenvalue weighted by atomic mass is 10.0. The minimum atomic E-state index is -0.591. The number of rotatable bonds is 9. The van der Waals surface area contributed by atoms with Gasteiger partial charge in [-0.15, -0.1) is 0 Å². The number of ether oxygens (including phenoxy) is 4. The topological polar surface area (TPSA) is 91.3 Å². The van der Waals surface area contributed by atoms with Crippen molar-refractivity contribution in [2.75, 3.05) is 13.2 Å². The number of esters is 2. The fourth-order valence-corrected chi connectivity index (χ4v) is 4.20. The number of benzene rings is 2. The van der Waals surface area contributed by atoms with Crippen molar-refractivity contribution >= 4 is 11.9 Å². The molecule has 176 valence electrons. The standard InChI is InChI=1S/C26H30O7/c1-2-3-4-5-6-17-7-9-18(10-8-17)25(28)32-21-15-30-24-22(16-31-23(21)24)33-26(29)19-11-13-20(27)14-12-19/h7-14,21-24,27H,2-6,15-16H2,1H3/t21-,22-,23-,24-/m1/s1. The van der Waals surface area contributed by atoms with Crippen LogP contribution in [0, 0.1) is 0 Å². The van der Waals surface area contributed by atoms with Gasteiger partial charge in [-0.1, -0.05) is 38.3 Å². The molecule has 2 aromatic rings. The number of unbranched alkanes of at least 4 members (excludes halogenated alkanes) is 3. The number of hydrogen-bond donors (Lipinski definition) is 1. The normalized spacial score (nSPS) is 23.8. The van der Waals surface area contributed by atoms with Crippen LogP contribution in [0.15, 0.2) is 48.5 Å². The van der Waals surface area contributed by atoms with E-state index in [0.717, 1.165) is 12.8 Å². The average molecular weight is 455 g/mol. The first-order valence-corrected chi connectivity index (χ1v) is 11.6. The maximum Gasteiger partial charge on any atom is 0.338 e. The summed E-state index contributed by atoms with van der Waals surface area (Å²) >= 11 is 0. The molecular formula is C26H30O7. The summed E-state index contributed by atoms with van der Waals surface area (Å²) in [4.78, 5) is 25.0. The second-order valence-corrected chi connectivity index (χ2v) is 8.54. The third kappa shape index (κ3) is 5.72. The number of carbonyl (C=O) groups is 2.